The highest BCUT2D eigenvalue weighted by molar-refractivity contribution is 6.04. The van der Waals surface area contributed by atoms with Crippen LogP contribution in [0.1, 0.15) is 44.0 Å². The maximum absolute atomic E-state index is 13.6. The standard InChI is InChI=1S/C18H25FN2O3/c1-10(2)6-13(9-22)20-18(24)15-8-12(19)4-5-16(15)21-17(23)14-7-11(14)3/h4-5,8,10-11,13-14,22H,6-7,9H2,1-3H3,(H,20,24)(H,21,23). The monoisotopic (exact) mass is 336 g/mol. The molecule has 5 nitrogen and oxygen atoms in total. The van der Waals surface area contributed by atoms with Crippen LogP contribution in [0.25, 0.3) is 0 Å². The van der Waals surface area contributed by atoms with Crippen molar-refractivity contribution in [2.45, 2.75) is 39.7 Å². The van der Waals surface area contributed by atoms with Gasteiger partial charge in [0.25, 0.3) is 5.91 Å². The minimum atomic E-state index is -0.553. The molecule has 2 rings (SSSR count). The molecule has 1 fully saturated rings. The van der Waals surface area contributed by atoms with E-state index in [1.54, 1.807) is 0 Å². The molecule has 0 heterocycles. The third-order valence-electron chi connectivity index (χ3n) is 4.24. The van der Waals surface area contributed by atoms with E-state index in [4.69, 9.17) is 0 Å². The van der Waals surface area contributed by atoms with Crippen LogP contribution >= 0.6 is 0 Å². The Bertz CT molecular complexity index is 618. The van der Waals surface area contributed by atoms with Gasteiger partial charge in [0.2, 0.25) is 5.91 Å². The second kappa shape index (κ2) is 7.75. The van der Waals surface area contributed by atoms with Crippen LogP contribution in [0, 0.1) is 23.6 Å². The van der Waals surface area contributed by atoms with Crippen molar-refractivity contribution in [2.24, 2.45) is 17.8 Å². The Morgan fingerprint density at radius 3 is 2.58 bits per heavy atom. The number of benzene rings is 1. The van der Waals surface area contributed by atoms with Gasteiger partial charge in [0.1, 0.15) is 5.82 Å². The van der Waals surface area contributed by atoms with E-state index in [1.807, 2.05) is 20.8 Å². The molecule has 1 aromatic rings. The zero-order chi connectivity index (χ0) is 17.9. The first-order valence-corrected chi connectivity index (χ1v) is 8.34. The first kappa shape index (κ1) is 18.4. The number of anilines is 1. The summed E-state index contributed by atoms with van der Waals surface area (Å²) in [5, 5.41) is 14.8. The lowest BCUT2D eigenvalue weighted by atomic mass is 10.0. The van der Waals surface area contributed by atoms with Gasteiger partial charge in [-0.2, -0.15) is 0 Å². The summed E-state index contributed by atoms with van der Waals surface area (Å²) in [6.07, 6.45) is 1.44. The maximum Gasteiger partial charge on any atom is 0.253 e. The van der Waals surface area contributed by atoms with E-state index in [0.717, 1.165) is 12.5 Å². The molecule has 2 amide bonds. The van der Waals surface area contributed by atoms with Crippen molar-refractivity contribution in [3.63, 3.8) is 0 Å². The predicted molar refractivity (Wildman–Crippen MR) is 90.1 cm³/mol. The molecule has 0 bridgehead atoms. The Kier molecular flexibility index (Phi) is 5.94. The maximum atomic E-state index is 13.6. The summed E-state index contributed by atoms with van der Waals surface area (Å²) in [4.78, 5) is 24.6. The second-order valence-corrected chi connectivity index (χ2v) is 6.98. The van der Waals surface area contributed by atoms with Crippen LogP contribution in [-0.2, 0) is 4.79 Å². The molecule has 1 aromatic carbocycles. The van der Waals surface area contributed by atoms with Crippen molar-refractivity contribution in [2.75, 3.05) is 11.9 Å². The second-order valence-electron chi connectivity index (χ2n) is 6.98. The number of amides is 2. The number of carbonyl (C=O) groups excluding carboxylic acids is 2. The zero-order valence-electron chi connectivity index (χ0n) is 14.3. The number of carbonyl (C=O) groups is 2. The molecular formula is C18H25FN2O3. The minimum Gasteiger partial charge on any atom is -0.394 e. The number of rotatable bonds is 7. The van der Waals surface area contributed by atoms with Crippen LogP contribution in [0.3, 0.4) is 0 Å². The molecule has 0 aliphatic heterocycles. The van der Waals surface area contributed by atoms with Crippen LogP contribution in [0.4, 0.5) is 10.1 Å². The Morgan fingerprint density at radius 1 is 1.38 bits per heavy atom. The molecule has 3 unspecified atom stereocenters. The van der Waals surface area contributed by atoms with Gasteiger partial charge in [0.15, 0.2) is 0 Å². The topological polar surface area (TPSA) is 78.4 Å². The van der Waals surface area contributed by atoms with Gasteiger partial charge in [-0.1, -0.05) is 20.8 Å². The van der Waals surface area contributed by atoms with Crippen molar-refractivity contribution in [3.05, 3.63) is 29.6 Å². The minimum absolute atomic E-state index is 0.0444. The summed E-state index contributed by atoms with van der Waals surface area (Å²) in [6.45, 7) is 5.76. The highest BCUT2D eigenvalue weighted by Crippen LogP contribution is 2.38. The normalized spacial score (nSPS) is 20.6. The van der Waals surface area contributed by atoms with Gasteiger partial charge in [0, 0.05) is 5.92 Å². The van der Waals surface area contributed by atoms with Crippen molar-refractivity contribution in [1.29, 1.82) is 0 Å². The molecule has 3 N–H and O–H groups in total. The first-order chi connectivity index (χ1) is 11.3. The lowest BCUT2D eigenvalue weighted by Gasteiger charge is -2.19. The first-order valence-electron chi connectivity index (χ1n) is 8.34. The average Bonchev–Trinajstić information content (AvgIpc) is 3.24. The van der Waals surface area contributed by atoms with E-state index in [2.05, 4.69) is 10.6 Å². The van der Waals surface area contributed by atoms with Gasteiger partial charge < -0.3 is 15.7 Å². The van der Waals surface area contributed by atoms with E-state index in [1.165, 1.54) is 12.1 Å². The van der Waals surface area contributed by atoms with Gasteiger partial charge in [-0.3, -0.25) is 9.59 Å². The third kappa shape index (κ3) is 4.77. The van der Waals surface area contributed by atoms with Crippen molar-refractivity contribution >= 4 is 17.5 Å². The Balaban J connectivity index is 2.13. The predicted octanol–water partition coefficient (Wildman–Crippen LogP) is 2.56. The molecule has 0 saturated heterocycles. The van der Waals surface area contributed by atoms with E-state index in [-0.39, 0.29) is 24.0 Å². The molecule has 1 saturated carbocycles. The number of nitrogens with one attached hydrogen (secondary N) is 2. The molecule has 0 spiro atoms. The fourth-order valence-corrected chi connectivity index (χ4v) is 2.74. The fourth-order valence-electron chi connectivity index (χ4n) is 2.74. The summed E-state index contributed by atoms with van der Waals surface area (Å²) in [6, 6.07) is 3.30. The lowest BCUT2D eigenvalue weighted by molar-refractivity contribution is -0.117. The third-order valence-corrected chi connectivity index (χ3v) is 4.24. The van der Waals surface area contributed by atoms with Crippen LogP contribution in [0.2, 0.25) is 0 Å². The van der Waals surface area contributed by atoms with Gasteiger partial charge >= 0.3 is 0 Å². The van der Waals surface area contributed by atoms with E-state index in [9.17, 15) is 19.1 Å². The average molecular weight is 336 g/mol. The summed E-state index contributed by atoms with van der Waals surface area (Å²) >= 11 is 0. The lowest BCUT2D eigenvalue weighted by Crippen LogP contribution is -2.38. The smallest absolute Gasteiger partial charge is 0.253 e. The van der Waals surface area contributed by atoms with Crippen molar-refractivity contribution in [1.82, 2.24) is 5.32 Å². The Morgan fingerprint density at radius 2 is 2.04 bits per heavy atom. The number of aliphatic hydroxyl groups excluding tert-OH is 1. The van der Waals surface area contributed by atoms with Crippen LogP contribution in [0.5, 0.6) is 0 Å². The van der Waals surface area contributed by atoms with E-state index < -0.39 is 17.8 Å². The summed E-state index contributed by atoms with van der Waals surface area (Å²) < 4.78 is 13.6. The Hall–Kier alpha value is -1.95. The highest BCUT2D eigenvalue weighted by atomic mass is 19.1. The summed E-state index contributed by atoms with van der Waals surface area (Å²) in [5.74, 6) is -0.616. The number of hydrogen-bond donors (Lipinski definition) is 3. The highest BCUT2D eigenvalue weighted by Gasteiger charge is 2.39. The number of hydrogen-bond acceptors (Lipinski definition) is 3. The van der Waals surface area contributed by atoms with Crippen LogP contribution in [0.15, 0.2) is 18.2 Å². The van der Waals surface area contributed by atoms with Gasteiger partial charge in [-0.25, -0.2) is 4.39 Å². The Labute approximate surface area is 141 Å². The quantitative estimate of drug-likeness (QED) is 0.716. The number of aliphatic hydroxyl groups is 1. The summed E-state index contributed by atoms with van der Waals surface area (Å²) in [5.41, 5.74) is 0.359. The molecule has 0 aromatic heterocycles. The number of halogens is 1. The SMILES string of the molecule is CC(C)CC(CO)NC(=O)c1cc(F)ccc1NC(=O)C1CC1C. The molecule has 1 aliphatic rings. The van der Waals surface area contributed by atoms with Crippen LogP contribution in [-0.4, -0.2) is 29.6 Å². The molecule has 0 radical (unpaired) electrons. The molecule has 132 valence electrons. The molecule has 6 heteroatoms. The van der Waals surface area contributed by atoms with Crippen LogP contribution < -0.4 is 10.6 Å². The van der Waals surface area contributed by atoms with Gasteiger partial charge in [-0.15, -0.1) is 0 Å². The molecule has 24 heavy (non-hydrogen) atoms. The van der Waals surface area contributed by atoms with Gasteiger partial charge in [-0.05, 0) is 42.9 Å². The molecule has 1 aliphatic carbocycles. The van der Waals surface area contributed by atoms with Crippen molar-refractivity contribution < 1.29 is 19.1 Å². The zero-order valence-corrected chi connectivity index (χ0v) is 14.3. The van der Waals surface area contributed by atoms with Gasteiger partial charge in [0.05, 0.1) is 23.9 Å². The summed E-state index contributed by atoms with van der Waals surface area (Å²) in [7, 11) is 0. The fraction of sp³-hybridized carbons (Fsp3) is 0.556. The van der Waals surface area contributed by atoms with Crippen molar-refractivity contribution in [3.8, 4) is 0 Å². The van der Waals surface area contributed by atoms with E-state index >= 15 is 0 Å². The molecular weight excluding hydrogens is 311 g/mol. The van der Waals surface area contributed by atoms with E-state index in [0.29, 0.717) is 23.9 Å². The largest absolute Gasteiger partial charge is 0.394 e. The molecule has 3 atom stereocenters.